The van der Waals surface area contributed by atoms with Gasteiger partial charge in [-0.05, 0) is 105 Å². The number of thiazole rings is 1. The molecular weight excluding hydrogens is 917 g/mol. The second kappa shape index (κ2) is 20.1. The SMILES string of the molecule is Cc1ncsc1-c1ccc(CNC(=O)[C@@H]2C[C@@H](O)CN2C(=O)[C@@H](NC(=O)N2CCC(N3CCC(c4cnc(N5CCC6Nc7nnc(-c8ccccc8O)cc7C6[C@H]5C)nc4)CC3)CC2)C(C)(C)C)cc1. The number of nitrogens with one attached hydrogen (secondary N) is 3. The average Bonchev–Trinajstić information content (AvgIpc) is 4.11. The Morgan fingerprint density at radius 2 is 1.65 bits per heavy atom. The number of aliphatic hydroxyl groups excluding tert-OH is 1. The van der Waals surface area contributed by atoms with Gasteiger partial charge in [0.05, 0.1) is 27.9 Å². The maximum Gasteiger partial charge on any atom is 0.318 e. The van der Waals surface area contributed by atoms with Crippen molar-refractivity contribution in [1.82, 2.24) is 50.5 Å². The van der Waals surface area contributed by atoms with Crippen molar-refractivity contribution in [2.45, 2.75) is 128 Å². The number of anilines is 2. The van der Waals surface area contributed by atoms with Gasteiger partial charge in [-0.1, -0.05) is 57.2 Å². The van der Waals surface area contributed by atoms with Crippen molar-refractivity contribution >= 4 is 40.9 Å². The zero-order chi connectivity index (χ0) is 49.6. The molecule has 5 aliphatic rings. The molecule has 0 bridgehead atoms. The van der Waals surface area contributed by atoms with Gasteiger partial charge in [-0.3, -0.25) is 9.59 Å². The summed E-state index contributed by atoms with van der Waals surface area (Å²) in [5.74, 6) is 1.57. The third kappa shape index (κ3) is 10.0. The highest BCUT2D eigenvalue weighted by atomic mass is 32.1. The second-order valence-electron chi connectivity index (χ2n) is 21.2. The monoisotopic (exact) mass is 982 g/mol. The molecule has 3 aromatic heterocycles. The molecule has 4 amide bonds. The highest BCUT2D eigenvalue weighted by molar-refractivity contribution is 7.13. The molecule has 17 nitrogen and oxygen atoms in total. The Labute approximate surface area is 419 Å². The van der Waals surface area contributed by atoms with E-state index in [1.54, 1.807) is 23.5 Å². The van der Waals surface area contributed by atoms with Crippen molar-refractivity contribution in [1.29, 1.82) is 0 Å². The topological polar surface area (TPSA) is 205 Å². The highest BCUT2D eigenvalue weighted by Gasteiger charge is 2.46. The van der Waals surface area contributed by atoms with Gasteiger partial charge >= 0.3 is 6.03 Å². The summed E-state index contributed by atoms with van der Waals surface area (Å²) in [6.07, 6.45) is 7.95. The van der Waals surface area contributed by atoms with Crippen molar-refractivity contribution in [2.75, 3.05) is 49.5 Å². The molecule has 18 heteroatoms. The van der Waals surface area contributed by atoms with Crippen molar-refractivity contribution < 1.29 is 24.6 Å². The molecule has 2 unspecified atom stereocenters. The molecule has 5 N–H and O–H groups in total. The molecule has 5 aliphatic heterocycles. The lowest BCUT2D eigenvalue weighted by Crippen LogP contribution is -2.60. The van der Waals surface area contributed by atoms with E-state index in [1.807, 2.05) is 86.9 Å². The number of benzene rings is 2. The maximum atomic E-state index is 14.3. The van der Waals surface area contributed by atoms with E-state index >= 15 is 0 Å². The number of amides is 4. The van der Waals surface area contributed by atoms with Crippen LogP contribution in [0.3, 0.4) is 0 Å². The Kier molecular flexibility index (Phi) is 13.7. The molecule has 4 saturated heterocycles. The van der Waals surface area contributed by atoms with Crippen molar-refractivity contribution in [3.63, 3.8) is 0 Å². The number of para-hydroxylation sites is 1. The van der Waals surface area contributed by atoms with Crippen molar-refractivity contribution in [2.24, 2.45) is 5.41 Å². The van der Waals surface area contributed by atoms with Gasteiger partial charge in [0.2, 0.25) is 17.8 Å². The molecule has 2 aromatic carbocycles. The number of rotatable bonds is 10. The van der Waals surface area contributed by atoms with Crippen LogP contribution in [0.5, 0.6) is 5.75 Å². The lowest BCUT2D eigenvalue weighted by atomic mass is 9.83. The molecule has 8 heterocycles. The van der Waals surface area contributed by atoms with E-state index in [4.69, 9.17) is 9.97 Å². The third-order valence-corrected chi connectivity index (χ3v) is 16.6. The van der Waals surface area contributed by atoms with Crippen LogP contribution in [-0.2, 0) is 16.1 Å². The van der Waals surface area contributed by atoms with Crippen LogP contribution in [0.25, 0.3) is 21.7 Å². The molecule has 71 heavy (non-hydrogen) atoms. The first-order valence-corrected chi connectivity index (χ1v) is 26.1. The lowest BCUT2D eigenvalue weighted by Gasteiger charge is -2.42. The van der Waals surface area contributed by atoms with E-state index < -0.39 is 23.6 Å². The van der Waals surface area contributed by atoms with Crippen LogP contribution in [0.4, 0.5) is 16.6 Å². The molecule has 0 saturated carbocycles. The predicted molar refractivity (Wildman–Crippen MR) is 273 cm³/mol. The standard InChI is InChI=1S/C53H66N12O5S/c1-31-46(71-30-57-31)35-12-10-33(11-13-35)26-54-49(68)43-24-38(66)29-65(43)50(69)47(53(3,4)5)59-52(70)63-21-16-37(17-22-63)62-19-14-34(15-20-62)36-27-55-51(56-28-36)64-23-18-41-45(32(64)2)40-25-42(60-61-48(40)58-41)39-8-6-7-9-44(39)67/h6-13,25,27-28,30,32,34,37-38,41,43,45,47,66-67H,14-24,26,29H2,1-5H3,(H,54,68)(H,58,61)(H,59,70)/t32-,38-,41?,43+,45?,47-/m1/s1. The maximum absolute atomic E-state index is 14.3. The zero-order valence-corrected chi connectivity index (χ0v) is 42.1. The van der Waals surface area contributed by atoms with E-state index in [0.717, 1.165) is 90.8 Å². The van der Waals surface area contributed by atoms with Crippen LogP contribution in [-0.4, -0.2) is 143 Å². The molecule has 0 spiro atoms. The van der Waals surface area contributed by atoms with Gasteiger partial charge < -0.3 is 45.8 Å². The predicted octanol–water partition coefficient (Wildman–Crippen LogP) is 6.29. The highest BCUT2D eigenvalue weighted by Crippen LogP contribution is 2.45. The van der Waals surface area contributed by atoms with Gasteiger partial charge in [-0.15, -0.1) is 21.5 Å². The molecule has 0 radical (unpaired) electrons. The number of carbonyl (C=O) groups is 3. The van der Waals surface area contributed by atoms with Gasteiger partial charge in [0.1, 0.15) is 17.8 Å². The number of phenols is 1. The molecule has 5 aromatic rings. The van der Waals surface area contributed by atoms with Gasteiger partial charge in [-0.2, -0.15) is 0 Å². The van der Waals surface area contributed by atoms with Crippen molar-refractivity contribution in [3.05, 3.63) is 94.9 Å². The fourth-order valence-corrected chi connectivity index (χ4v) is 12.4. The van der Waals surface area contributed by atoms with Crippen molar-refractivity contribution in [3.8, 4) is 27.4 Å². The number of urea groups is 1. The lowest BCUT2D eigenvalue weighted by molar-refractivity contribution is -0.142. The summed E-state index contributed by atoms with van der Waals surface area (Å²) in [4.78, 5) is 65.3. The number of nitrogens with zero attached hydrogens (tertiary/aromatic N) is 9. The van der Waals surface area contributed by atoms with Crippen LogP contribution in [0.1, 0.15) is 100 Å². The van der Waals surface area contributed by atoms with E-state index in [1.165, 1.54) is 10.5 Å². The molecule has 10 rings (SSSR count). The number of phenolic OH excluding ortho intramolecular Hbond substituents is 1. The van der Waals surface area contributed by atoms with Crippen LogP contribution < -0.4 is 20.9 Å². The van der Waals surface area contributed by atoms with E-state index in [-0.39, 0.29) is 61.1 Å². The Morgan fingerprint density at radius 3 is 2.34 bits per heavy atom. The average molecular weight is 983 g/mol. The summed E-state index contributed by atoms with van der Waals surface area (Å²) < 4.78 is 0. The number of likely N-dealkylation sites (tertiary alicyclic amines) is 3. The fourth-order valence-electron chi connectivity index (χ4n) is 11.6. The first-order valence-electron chi connectivity index (χ1n) is 25.3. The number of aromatic nitrogens is 5. The Balaban J connectivity index is 0.694. The molecule has 6 atom stereocenters. The van der Waals surface area contributed by atoms with Gasteiger partial charge in [0.25, 0.3) is 0 Å². The number of aliphatic hydroxyl groups is 1. The second-order valence-corrected chi connectivity index (χ2v) is 22.1. The minimum atomic E-state index is -0.896. The Hall–Kier alpha value is -6.24. The number of β-amino-alcohol motifs (C(OH)–C–C–N with tert-alkyl or cyclic N) is 1. The summed E-state index contributed by atoms with van der Waals surface area (Å²) in [6, 6.07) is 16.0. The largest absolute Gasteiger partial charge is 0.507 e. The quantitative estimate of drug-likeness (QED) is 0.105. The Bertz CT molecular complexity index is 2720. The number of piperidine rings is 3. The molecule has 0 aliphatic carbocycles. The summed E-state index contributed by atoms with van der Waals surface area (Å²) >= 11 is 1.59. The summed E-state index contributed by atoms with van der Waals surface area (Å²) in [5, 5.41) is 39.8. The van der Waals surface area contributed by atoms with E-state index in [0.29, 0.717) is 36.3 Å². The normalized spacial score (nSPS) is 23.5. The van der Waals surface area contributed by atoms with Crippen LogP contribution in [0.15, 0.2) is 72.5 Å². The minimum Gasteiger partial charge on any atom is -0.507 e. The molecular formula is C53H66N12O5S. The first kappa shape index (κ1) is 48.4. The van der Waals surface area contributed by atoms with Crippen LogP contribution in [0.2, 0.25) is 0 Å². The molecule has 4 fully saturated rings. The minimum absolute atomic E-state index is 0.0247. The summed E-state index contributed by atoms with van der Waals surface area (Å²) in [6.45, 7) is 14.2. The number of carbonyl (C=O) groups excluding carboxylic acids is 3. The van der Waals surface area contributed by atoms with Gasteiger partial charge in [0, 0.05) is 86.7 Å². The number of hydrogen-bond donors (Lipinski definition) is 5. The molecule has 374 valence electrons. The fraction of sp³-hybridized carbons (Fsp3) is 0.509. The number of fused-ring (bicyclic) bond motifs is 3. The first-order chi connectivity index (χ1) is 34.2. The number of hydrogen-bond acceptors (Lipinski definition) is 14. The van der Waals surface area contributed by atoms with Crippen LogP contribution in [0, 0.1) is 12.3 Å². The van der Waals surface area contributed by atoms with E-state index in [9.17, 15) is 24.6 Å². The zero-order valence-electron chi connectivity index (χ0n) is 41.3. The Morgan fingerprint density at radius 1 is 0.915 bits per heavy atom. The summed E-state index contributed by atoms with van der Waals surface area (Å²) in [5.41, 5.74) is 7.73. The summed E-state index contributed by atoms with van der Waals surface area (Å²) in [7, 11) is 0. The van der Waals surface area contributed by atoms with Gasteiger partial charge in [-0.25, -0.2) is 19.7 Å². The van der Waals surface area contributed by atoms with Gasteiger partial charge in [0.15, 0.2) is 5.82 Å². The number of aromatic hydroxyl groups is 1. The number of aryl methyl sites for hydroxylation is 1. The smallest absolute Gasteiger partial charge is 0.318 e. The van der Waals surface area contributed by atoms with Crippen LogP contribution >= 0.6 is 11.3 Å². The van der Waals surface area contributed by atoms with E-state index in [2.05, 4.69) is 53.9 Å². The third-order valence-electron chi connectivity index (χ3n) is 15.7.